The van der Waals surface area contributed by atoms with Crippen molar-refractivity contribution in [1.29, 1.82) is 0 Å². The molecule has 2 fully saturated rings. The van der Waals surface area contributed by atoms with Gasteiger partial charge in [-0.25, -0.2) is 4.79 Å². The molecule has 128 valence electrons. The molecule has 2 saturated heterocycles. The summed E-state index contributed by atoms with van der Waals surface area (Å²) >= 11 is 0. The molecule has 3 rings (SSSR count). The lowest BCUT2D eigenvalue weighted by atomic mass is 9.91. The Morgan fingerprint density at radius 1 is 1.30 bits per heavy atom. The summed E-state index contributed by atoms with van der Waals surface area (Å²) in [5.74, 6) is 0.558. The molecule has 2 amide bonds. The van der Waals surface area contributed by atoms with Gasteiger partial charge in [-0.15, -0.1) is 5.10 Å². The van der Waals surface area contributed by atoms with Crippen molar-refractivity contribution in [3.8, 4) is 0 Å². The predicted octanol–water partition coefficient (Wildman–Crippen LogP) is 1.17. The Balaban J connectivity index is 1.69. The van der Waals surface area contributed by atoms with Crippen LogP contribution in [0, 0.1) is 6.92 Å². The number of nitrogens with zero attached hydrogens (tertiary/aromatic N) is 4. The van der Waals surface area contributed by atoms with Crippen molar-refractivity contribution < 1.29 is 13.9 Å². The van der Waals surface area contributed by atoms with Gasteiger partial charge in [-0.2, -0.15) is 0 Å². The number of carbonyl (C=O) groups is 1. The van der Waals surface area contributed by atoms with Crippen molar-refractivity contribution in [2.24, 2.45) is 0 Å². The summed E-state index contributed by atoms with van der Waals surface area (Å²) in [6.07, 6.45) is 1.91. The first-order valence-electron chi connectivity index (χ1n) is 8.22. The minimum Gasteiger partial charge on any atom is -0.408 e. The zero-order valence-corrected chi connectivity index (χ0v) is 14.0. The van der Waals surface area contributed by atoms with E-state index in [0.29, 0.717) is 38.1 Å². The molecule has 2 aliphatic rings. The Bertz CT molecular complexity index is 557. The summed E-state index contributed by atoms with van der Waals surface area (Å²) in [6.45, 7) is 9.02. The van der Waals surface area contributed by atoms with Crippen LogP contribution in [-0.2, 0) is 4.74 Å². The lowest BCUT2D eigenvalue weighted by Crippen LogP contribution is -2.62. The first-order chi connectivity index (χ1) is 11.0. The van der Waals surface area contributed by atoms with Crippen LogP contribution in [0.15, 0.2) is 4.42 Å². The lowest BCUT2D eigenvalue weighted by Gasteiger charge is -2.47. The standard InChI is InChI=1S/C15H25N5O3/c1-11(2)16-13(21)19-7-8-22-15(9-19)5-4-6-20(10-15)14-18-17-12(3)23-14/h11H,4-10H2,1-3H3,(H,16,21). The second-order valence-corrected chi connectivity index (χ2v) is 6.69. The Hall–Kier alpha value is -1.83. The van der Waals surface area contributed by atoms with Gasteiger partial charge in [0.2, 0.25) is 5.89 Å². The average Bonchev–Trinajstić information content (AvgIpc) is 2.93. The topological polar surface area (TPSA) is 83.7 Å². The number of morpholine rings is 1. The van der Waals surface area contributed by atoms with E-state index < -0.39 is 0 Å². The van der Waals surface area contributed by atoms with Gasteiger partial charge in [0.15, 0.2) is 0 Å². The zero-order valence-electron chi connectivity index (χ0n) is 14.0. The molecule has 1 spiro atoms. The quantitative estimate of drug-likeness (QED) is 0.879. The Morgan fingerprint density at radius 2 is 2.13 bits per heavy atom. The molecule has 1 aromatic heterocycles. The highest BCUT2D eigenvalue weighted by atomic mass is 16.5. The highest BCUT2D eigenvalue weighted by Crippen LogP contribution is 2.31. The van der Waals surface area contributed by atoms with E-state index in [1.807, 2.05) is 18.7 Å². The van der Waals surface area contributed by atoms with E-state index >= 15 is 0 Å². The van der Waals surface area contributed by atoms with Crippen LogP contribution in [0.1, 0.15) is 32.6 Å². The second kappa shape index (κ2) is 6.35. The molecule has 1 atom stereocenters. The largest absolute Gasteiger partial charge is 0.408 e. The molecule has 1 unspecified atom stereocenters. The van der Waals surface area contributed by atoms with Crippen LogP contribution < -0.4 is 10.2 Å². The van der Waals surface area contributed by atoms with Crippen molar-refractivity contribution in [2.45, 2.75) is 45.3 Å². The van der Waals surface area contributed by atoms with Crippen LogP contribution in [0.2, 0.25) is 0 Å². The Kier molecular flexibility index (Phi) is 4.43. The molecular formula is C15H25N5O3. The normalized spacial score (nSPS) is 25.2. The highest BCUT2D eigenvalue weighted by molar-refractivity contribution is 5.74. The van der Waals surface area contributed by atoms with E-state index in [0.717, 1.165) is 19.4 Å². The van der Waals surface area contributed by atoms with Gasteiger partial charge in [-0.05, 0) is 26.7 Å². The van der Waals surface area contributed by atoms with Gasteiger partial charge in [0.1, 0.15) is 5.60 Å². The van der Waals surface area contributed by atoms with E-state index in [1.165, 1.54) is 0 Å². The zero-order chi connectivity index (χ0) is 16.4. The number of hydrogen-bond acceptors (Lipinski definition) is 6. The number of aryl methyl sites for hydroxylation is 1. The molecule has 1 aromatic rings. The molecule has 0 bridgehead atoms. The number of rotatable bonds is 2. The molecule has 3 heterocycles. The van der Waals surface area contributed by atoms with Crippen LogP contribution in [0.25, 0.3) is 0 Å². The maximum atomic E-state index is 12.3. The summed E-state index contributed by atoms with van der Waals surface area (Å²) in [5, 5.41) is 11.0. The van der Waals surface area contributed by atoms with Crippen molar-refractivity contribution in [3.05, 3.63) is 5.89 Å². The molecular weight excluding hydrogens is 298 g/mol. The van der Waals surface area contributed by atoms with Crippen LogP contribution in [0.3, 0.4) is 0 Å². The van der Waals surface area contributed by atoms with Crippen molar-refractivity contribution in [3.63, 3.8) is 0 Å². The second-order valence-electron chi connectivity index (χ2n) is 6.69. The van der Waals surface area contributed by atoms with Crippen molar-refractivity contribution in [1.82, 2.24) is 20.4 Å². The van der Waals surface area contributed by atoms with Gasteiger partial charge < -0.3 is 24.3 Å². The number of nitrogens with one attached hydrogen (secondary N) is 1. The number of carbonyl (C=O) groups excluding carboxylic acids is 1. The predicted molar refractivity (Wildman–Crippen MR) is 84.4 cm³/mol. The van der Waals surface area contributed by atoms with Gasteiger partial charge in [0.05, 0.1) is 19.7 Å². The molecule has 0 aromatic carbocycles. The summed E-state index contributed by atoms with van der Waals surface area (Å²) in [6, 6.07) is 0.646. The third-order valence-corrected chi connectivity index (χ3v) is 4.27. The summed E-state index contributed by atoms with van der Waals surface area (Å²) in [7, 11) is 0. The van der Waals surface area contributed by atoms with E-state index in [1.54, 1.807) is 6.92 Å². The number of hydrogen-bond donors (Lipinski definition) is 1. The first kappa shape index (κ1) is 16.0. The molecule has 0 radical (unpaired) electrons. The number of piperidine rings is 1. The average molecular weight is 323 g/mol. The lowest BCUT2D eigenvalue weighted by molar-refractivity contribution is -0.103. The third-order valence-electron chi connectivity index (χ3n) is 4.27. The van der Waals surface area contributed by atoms with Gasteiger partial charge in [0.25, 0.3) is 0 Å². The molecule has 23 heavy (non-hydrogen) atoms. The maximum Gasteiger partial charge on any atom is 0.318 e. The summed E-state index contributed by atoms with van der Waals surface area (Å²) in [4.78, 5) is 16.2. The Labute approximate surface area is 136 Å². The number of urea groups is 1. The van der Waals surface area contributed by atoms with Gasteiger partial charge in [0, 0.05) is 26.1 Å². The number of anilines is 1. The Morgan fingerprint density at radius 3 is 2.83 bits per heavy atom. The van der Waals surface area contributed by atoms with Gasteiger partial charge >= 0.3 is 12.0 Å². The fraction of sp³-hybridized carbons (Fsp3) is 0.800. The van der Waals surface area contributed by atoms with Gasteiger partial charge in [-0.1, -0.05) is 5.10 Å². The van der Waals surface area contributed by atoms with E-state index in [2.05, 4.69) is 20.4 Å². The SMILES string of the molecule is Cc1nnc(N2CCCC3(CN(C(=O)NC(C)C)CCO3)C2)o1. The summed E-state index contributed by atoms with van der Waals surface area (Å²) in [5.41, 5.74) is -0.354. The van der Waals surface area contributed by atoms with E-state index in [9.17, 15) is 4.79 Å². The number of amides is 2. The van der Waals surface area contributed by atoms with Crippen molar-refractivity contribution >= 4 is 12.0 Å². The number of ether oxygens (including phenoxy) is 1. The molecule has 0 aliphatic carbocycles. The van der Waals surface area contributed by atoms with Crippen LogP contribution in [-0.4, -0.2) is 65.6 Å². The minimum absolute atomic E-state index is 0.0200. The molecule has 8 heteroatoms. The molecule has 2 aliphatic heterocycles. The van der Waals surface area contributed by atoms with E-state index in [4.69, 9.17) is 9.15 Å². The summed E-state index contributed by atoms with van der Waals surface area (Å²) < 4.78 is 11.6. The molecule has 1 N–H and O–H groups in total. The van der Waals surface area contributed by atoms with Crippen LogP contribution >= 0.6 is 0 Å². The van der Waals surface area contributed by atoms with Crippen molar-refractivity contribution in [2.75, 3.05) is 37.7 Å². The van der Waals surface area contributed by atoms with E-state index in [-0.39, 0.29) is 17.7 Å². The third kappa shape index (κ3) is 3.57. The monoisotopic (exact) mass is 323 g/mol. The van der Waals surface area contributed by atoms with Gasteiger partial charge in [-0.3, -0.25) is 0 Å². The maximum absolute atomic E-state index is 12.3. The van der Waals surface area contributed by atoms with Crippen LogP contribution in [0.5, 0.6) is 0 Å². The fourth-order valence-electron chi connectivity index (χ4n) is 3.28. The fourth-order valence-corrected chi connectivity index (χ4v) is 3.28. The highest BCUT2D eigenvalue weighted by Gasteiger charge is 2.42. The number of aromatic nitrogens is 2. The smallest absolute Gasteiger partial charge is 0.318 e. The first-order valence-corrected chi connectivity index (χ1v) is 8.22. The minimum atomic E-state index is -0.354. The molecule has 8 nitrogen and oxygen atoms in total. The van der Waals surface area contributed by atoms with Crippen LogP contribution in [0.4, 0.5) is 10.8 Å². The molecule has 0 saturated carbocycles.